The Kier molecular flexibility index (Phi) is 1.76. The zero-order valence-corrected chi connectivity index (χ0v) is 6.81. The van der Waals surface area contributed by atoms with Gasteiger partial charge in [0, 0.05) is 6.92 Å². The monoisotopic (exact) mass is 204 g/mol. The van der Waals surface area contributed by atoms with Crippen molar-refractivity contribution in [2.75, 3.05) is 5.73 Å². The van der Waals surface area contributed by atoms with E-state index >= 15 is 0 Å². The van der Waals surface area contributed by atoms with E-state index in [2.05, 4.69) is 25.6 Å². The van der Waals surface area contributed by atoms with Gasteiger partial charge in [-0.2, -0.15) is 0 Å². The molecule has 0 fully saturated rings. The molecule has 1 aromatic rings. The first-order chi connectivity index (χ1) is 4.63. The highest BCUT2D eigenvalue weighted by Crippen LogP contribution is 2.21. The van der Waals surface area contributed by atoms with E-state index < -0.39 is 0 Å². The molecule has 1 aromatic heterocycles. The quantitative estimate of drug-likeness (QED) is 0.699. The van der Waals surface area contributed by atoms with Crippen LogP contribution in [0.3, 0.4) is 0 Å². The van der Waals surface area contributed by atoms with Crippen molar-refractivity contribution in [1.82, 2.24) is 5.16 Å². The Morgan fingerprint density at radius 2 is 2.40 bits per heavy atom. The Bertz CT molecular complexity index is 269. The van der Waals surface area contributed by atoms with Gasteiger partial charge in [0.25, 0.3) is 0 Å². The molecule has 54 valence electrons. The van der Waals surface area contributed by atoms with Crippen LogP contribution in [0.1, 0.15) is 17.5 Å². The Labute approximate surface area is 65.5 Å². The van der Waals surface area contributed by atoms with E-state index in [1.807, 2.05) is 0 Å². The molecule has 0 amide bonds. The standard InChI is InChI=1S/C5H5BrN2O2/c1-2(9)4-3(7)5(6)8-10-4/h7H2,1H3. The number of halogens is 1. The van der Waals surface area contributed by atoms with Gasteiger partial charge in [0.15, 0.2) is 10.4 Å². The first kappa shape index (κ1) is 7.27. The van der Waals surface area contributed by atoms with Gasteiger partial charge in [-0.3, -0.25) is 4.79 Å². The summed E-state index contributed by atoms with van der Waals surface area (Å²) in [5, 5.41) is 3.43. The van der Waals surface area contributed by atoms with Gasteiger partial charge in [-0.1, -0.05) is 5.16 Å². The number of hydrogen-bond donors (Lipinski definition) is 1. The summed E-state index contributed by atoms with van der Waals surface area (Å²) in [6, 6.07) is 0. The van der Waals surface area contributed by atoms with Crippen LogP contribution in [0.4, 0.5) is 5.69 Å². The first-order valence-corrected chi connectivity index (χ1v) is 3.34. The Morgan fingerprint density at radius 1 is 1.80 bits per heavy atom. The van der Waals surface area contributed by atoms with Crippen LogP contribution in [0.2, 0.25) is 0 Å². The average Bonchev–Trinajstić information content (AvgIpc) is 2.14. The molecular weight excluding hydrogens is 200 g/mol. The van der Waals surface area contributed by atoms with Crippen molar-refractivity contribution in [3.63, 3.8) is 0 Å². The Balaban J connectivity index is 3.17. The molecule has 1 rings (SSSR count). The van der Waals surface area contributed by atoms with Crippen molar-refractivity contribution in [2.45, 2.75) is 6.92 Å². The molecule has 0 spiro atoms. The van der Waals surface area contributed by atoms with Gasteiger partial charge < -0.3 is 10.3 Å². The van der Waals surface area contributed by atoms with Gasteiger partial charge in [-0.05, 0) is 15.9 Å². The van der Waals surface area contributed by atoms with Crippen molar-refractivity contribution in [3.8, 4) is 0 Å². The van der Waals surface area contributed by atoms with Crippen molar-refractivity contribution < 1.29 is 9.32 Å². The number of carbonyl (C=O) groups excluding carboxylic acids is 1. The molecule has 2 N–H and O–H groups in total. The number of carbonyl (C=O) groups is 1. The summed E-state index contributed by atoms with van der Waals surface area (Å²) < 4.78 is 4.96. The maximum absolute atomic E-state index is 10.6. The highest BCUT2D eigenvalue weighted by atomic mass is 79.9. The molecule has 4 nitrogen and oxygen atoms in total. The fourth-order valence-corrected chi connectivity index (χ4v) is 0.784. The predicted molar refractivity (Wildman–Crippen MR) is 38.6 cm³/mol. The fraction of sp³-hybridized carbons (Fsp3) is 0.200. The van der Waals surface area contributed by atoms with Gasteiger partial charge in [0.05, 0.1) is 0 Å². The lowest BCUT2D eigenvalue weighted by Gasteiger charge is -1.85. The molecule has 0 aliphatic carbocycles. The van der Waals surface area contributed by atoms with Crippen molar-refractivity contribution in [1.29, 1.82) is 0 Å². The minimum absolute atomic E-state index is 0.104. The predicted octanol–water partition coefficient (Wildman–Crippen LogP) is 1.22. The van der Waals surface area contributed by atoms with E-state index in [-0.39, 0.29) is 17.2 Å². The second-order valence-corrected chi connectivity index (χ2v) is 2.52. The number of hydrogen-bond acceptors (Lipinski definition) is 4. The lowest BCUT2D eigenvalue weighted by Crippen LogP contribution is -1.94. The van der Waals surface area contributed by atoms with Crippen LogP contribution in [-0.4, -0.2) is 10.9 Å². The molecule has 0 saturated heterocycles. The van der Waals surface area contributed by atoms with Crippen LogP contribution in [0.15, 0.2) is 9.13 Å². The minimum Gasteiger partial charge on any atom is -0.393 e. The summed E-state index contributed by atoms with van der Waals surface area (Å²) >= 11 is 3.00. The summed E-state index contributed by atoms with van der Waals surface area (Å²) in [6.45, 7) is 1.36. The molecule has 0 aliphatic heterocycles. The lowest BCUT2D eigenvalue weighted by atomic mass is 10.3. The maximum Gasteiger partial charge on any atom is 0.226 e. The van der Waals surface area contributed by atoms with Crippen LogP contribution in [0.25, 0.3) is 0 Å². The molecule has 0 aromatic carbocycles. The molecule has 10 heavy (non-hydrogen) atoms. The molecule has 0 atom stereocenters. The lowest BCUT2D eigenvalue weighted by molar-refractivity contribution is 0.0979. The number of rotatable bonds is 1. The number of nitrogens with zero attached hydrogens (tertiary/aromatic N) is 1. The van der Waals surface area contributed by atoms with Crippen LogP contribution in [0.5, 0.6) is 0 Å². The average molecular weight is 205 g/mol. The van der Waals surface area contributed by atoms with E-state index in [9.17, 15) is 4.79 Å². The van der Waals surface area contributed by atoms with Gasteiger partial charge >= 0.3 is 0 Å². The third-order valence-corrected chi connectivity index (χ3v) is 1.58. The summed E-state index contributed by atoms with van der Waals surface area (Å²) in [6.07, 6.45) is 0. The largest absolute Gasteiger partial charge is 0.393 e. The van der Waals surface area contributed by atoms with E-state index in [1.54, 1.807) is 0 Å². The fourth-order valence-electron chi connectivity index (χ4n) is 0.532. The third-order valence-electron chi connectivity index (χ3n) is 1.00. The Morgan fingerprint density at radius 3 is 2.60 bits per heavy atom. The third kappa shape index (κ3) is 1.04. The zero-order valence-electron chi connectivity index (χ0n) is 5.22. The molecule has 0 radical (unpaired) electrons. The number of nitrogens with two attached hydrogens (primary N) is 1. The number of aromatic nitrogens is 1. The van der Waals surface area contributed by atoms with E-state index in [0.29, 0.717) is 4.60 Å². The highest BCUT2D eigenvalue weighted by Gasteiger charge is 2.13. The number of anilines is 1. The number of Topliss-reactive ketones (excluding diaryl/α,β-unsaturated/α-hetero) is 1. The second kappa shape index (κ2) is 2.42. The zero-order chi connectivity index (χ0) is 7.72. The molecule has 5 heteroatoms. The minimum atomic E-state index is -0.226. The topological polar surface area (TPSA) is 69.1 Å². The summed E-state index contributed by atoms with van der Waals surface area (Å²) in [5.41, 5.74) is 5.64. The molecule has 0 unspecified atom stereocenters. The Hall–Kier alpha value is -0.840. The second-order valence-electron chi connectivity index (χ2n) is 1.77. The van der Waals surface area contributed by atoms with Crippen molar-refractivity contribution >= 4 is 27.4 Å². The van der Waals surface area contributed by atoms with Crippen molar-refractivity contribution in [2.24, 2.45) is 0 Å². The van der Waals surface area contributed by atoms with Crippen LogP contribution < -0.4 is 5.73 Å². The normalized spacial score (nSPS) is 9.80. The SMILES string of the molecule is CC(=O)c1onc(Br)c1N. The molecule has 0 saturated carbocycles. The van der Waals surface area contributed by atoms with Crippen molar-refractivity contribution in [3.05, 3.63) is 10.4 Å². The summed E-state index contributed by atoms with van der Waals surface area (Å²) in [7, 11) is 0. The van der Waals surface area contributed by atoms with Gasteiger partial charge in [0.2, 0.25) is 5.76 Å². The molecule has 0 aliphatic rings. The maximum atomic E-state index is 10.6. The van der Waals surface area contributed by atoms with Gasteiger partial charge in [-0.25, -0.2) is 0 Å². The number of ketones is 1. The molecular formula is C5H5BrN2O2. The summed E-state index contributed by atoms with van der Waals surface area (Å²) in [5.74, 6) is -0.123. The highest BCUT2D eigenvalue weighted by molar-refractivity contribution is 9.10. The van der Waals surface area contributed by atoms with E-state index in [4.69, 9.17) is 5.73 Å². The van der Waals surface area contributed by atoms with Crippen LogP contribution >= 0.6 is 15.9 Å². The van der Waals surface area contributed by atoms with E-state index in [1.165, 1.54) is 6.92 Å². The smallest absolute Gasteiger partial charge is 0.226 e. The number of nitrogen functional groups attached to an aromatic ring is 1. The molecule has 0 bridgehead atoms. The van der Waals surface area contributed by atoms with E-state index in [0.717, 1.165) is 0 Å². The molecule has 1 heterocycles. The first-order valence-electron chi connectivity index (χ1n) is 2.54. The van der Waals surface area contributed by atoms with Crippen LogP contribution in [-0.2, 0) is 0 Å². The summed E-state index contributed by atoms with van der Waals surface area (Å²) in [4.78, 5) is 10.6. The van der Waals surface area contributed by atoms with Crippen LogP contribution in [0, 0.1) is 0 Å². The van der Waals surface area contributed by atoms with Gasteiger partial charge in [-0.15, -0.1) is 0 Å². The van der Waals surface area contributed by atoms with Gasteiger partial charge in [0.1, 0.15) is 5.69 Å².